The van der Waals surface area contributed by atoms with Crippen LogP contribution in [0.3, 0.4) is 0 Å². The zero-order chi connectivity index (χ0) is 48.1. The number of rotatable bonds is 47. The fourth-order valence-electron chi connectivity index (χ4n) is 9.11. The molecule has 0 bridgehead atoms. The number of carbonyl (C=O) groups excluding carboxylic acids is 2. The smallest absolute Gasteiger partial charge is 0.222 e. The average molecular weight is 935 g/mol. The summed E-state index contributed by atoms with van der Waals surface area (Å²) >= 11 is 0. The van der Waals surface area contributed by atoms with E-state index >= 15 is 0 Å². The first-order valence-corrected chi connectivity index (χ1v) is 29.6. The second-order valence-corrected chi connectivity index (χ2v) is 25.1. The zero-order valence-corrected chi connectivity index (χ0v) is 46.6. The number of allylic oxidation sites excluding steroid dienone is 2. The van der Waals surface area contributed by atoms with E-state index in [-0.39, 0.29) is 22.2 Å². The fourth-order valence-corrected chi connectivity index (χ4v) is 11.3. The quantitative estimate of drug-likeness (QED) is 0.0373. The molecule has 0 fully saturated rings. The van der Waals surface area contributed by atoms with Gasteiger partial charge in [-0.2, -0.15) is 0 Å². The molecule has 0 aromatic carbocycles. The maximum Gasteiger partial charge on any atom is 0.222 e. The fraction of sp³-hybridized carbons (Fsp3) is 0.895. The number of unbranched alkanes of at least 4 members (excludes halogenated alkanes) is 17. The number of nitrogens with zero attached hydrogens (tertiary/aromatic N) is 2. The highest BCUT2D eigenvalue weighted by Crippen LogP contribution is 2.45. The molecule has 0 aromatic heterocycles. The Morgan fingerprint density at radius 3 is 1.53 bits per heavy atom. The molecule has 0 saturated carbocycles. The number of ketones is 1. The van der Waals surface area contributed by atoms with Crippen molar-refractivity contribution < 1.29 is 9.59 Å². The van der Waals surface area contributed by atoms with Crippen molar-refractivity contribution in [3.8, 4) is 0 Å². The lowest BCUT2D eigenvalue weighted by Crippen LogP contribution is -2.48. The van der Waals surface area contributed by atoms with Crippen molar-refractivity contribution in [2.24, 2.45) is 22.2 Å². The van der Waals surface area contributed by atoms with Gasteiger partial charge in [0.15, 0.2) is 0 Å². The van der Waals surface area contributed by atoms with E-state index in [1.807, 2.05) is 21.6 Å². The molecule has 64 heavy (non-hydrogen) atoms. The predicted octanol–water partition coefficient (Wildman–Crippen LogP) is 17.4. The van der Waals surface area contributed by atoms with Gasteiger partial charge in [0.2, 0.25) is 5.91 Å². The van der Waals surface area contributed by atoms with Crippen LogP contribution in [-0.4, -0.2) is 73.3 Å². The highest BCUT2D eigenvalue weighted by atomic mass is 33.1. The lowest BCUT2D eigenvalue weighted by atomic mass is 9.64. The van der Waals surface area contributed by atoms with Crippen LogP contribution in [0.5, 0.6) is 0 Å². The summed E-state index contributed by atoms with van der Waals surface area (Å²) in [6.45, 7) is 32.9. The van der Waals surface area contributed by atoms with Crippen LogP contribution in [0.4, 0.5) is 0 Å². The Hall–Kier alpha value is -0.920. The Bertz CT molecular complexity index is 1170. The van der Waals surface area contributed by atoms with Crippen LogP contribution in [0.15, 0.2) is 24.4 Å². The minimum absolute atomic E-state index is 0.0251. The topological polar surface area (TPSA) is 52.7 Å². The molecule has 0 aliphatic rings. The summed E-state index contributed by atoms with van der Waals surface area (Å²) in [6.07, 6.45) is 35.6. The van der Waals surface area contributed by atoms with Gasteiger partial charge in [-0.15, -0.1) is 0 Å². The normalized spacial score (nSPS) is 12.4. The summed E-state index contributed by atoms with van der Waals surface area (Å²) in [6, 6.07) is 0. The van der Waals surface area contributed by atoms with Crippen LogP contribution in [0, 0.1) is 22.2 Å². The first kappa shape index (κ1) is 63.1. The molecule has 0 spiro atoms. The molecule has 0 aliphatic heterocycles. The average Bonchev–Trinajstić information content (AvgIpc) is 3.21. The Kier molecular flexibility index (Phi) is 38.4. The van der Waals surface area contributed by atoms with Crippen molar-refractivity contribution >= 4 is 33.3 Å². The minimum atomic E-state index is -0.284. The molecule has 0 aromatic rings. The number of hydrogen-bond donors (Lipinski definition) is 1. The van der Waals surface area contributed by atoms with Gasteiger partial charge in [-0.05, 0) is 74.8 Å². The summed E-state index contributed by atoms with van der Waals surface area (Å²) < 4.78 is 0. The van der Waals surface area contributed by atoms with Crippen LogP contribution in [0.25, 0.3) is 0 Å². The third kappa shape index (κ3) is 35.3. The van der Waals surface area contributed by atoms with Crippen molar-refractivity contribution in [2.45, 2.75) is 255 Å². The number of carbonyl (C=O) groups is 2. The second-order valence-electron chi connectivity index (χ2n) is 22.4. The van der Waals surface area contributed by atoms with Crippen molar-refractivity contribution in [3.63, 3.8) is 0 Å². The standard InChI is InChI=1S/C57H111N3O2S2/c1-14-17-20-23-26-27-28-31-36-50(4)46-56(8,9)57(10,11)49-60(54(62)40-35-44-64-63-43-34-37-51(5)58-41-42-59(12)13)48-55(6,7)47-53(61)45-52(38-32-29-24-21-18-15-2)39-33-30-25-22-19-16-3/h52,58H,4-5,14-49H2,1-3,6-13H3. The third-order valence-corrected chi connectivity index (χ3v) is 16.5. The van der Waals surface area contributed by atoms with E-state index in [9.17, 15) is 9.59 Å². The highest BCUT2D eigenvalue weighted by molar-refractivity contribution is 8.76. The van der Waals surface area contributed by atoms with Gasteiger partial charge < -0.3 is 15.1 Å². The van der Waals surface area contributed by atoms with E-state index in [1.165, 1.54) is 147 Å². The Labute approximate surface area is 409 Å². The molecule has 7 heteroatoms. The lowest BCUT2D eigenvalue weighted by Gasteiger charge is -2.46. The van der Waals surface area contributed by atoms with Gasteiger partial charge in [0.05, 0.1) is 0 Å². The molecule has 0 saturated heterocycles. The first-order valence-electron chi connectivity index (χ1n) is 27.2. The van der Waals surface area contributed by atoms with Gasteiger partial charge >= 0.3 is 0 Å². The van der Waals surface area contributed by atoms with Crippen molar-refractivity contribution in [1.29, 1.82) is 0 Å². The number of nitrogens with one attached hydrogen (secondary N) is 1. The molecular formula is C57H111N3O2S2. The largest absolute Gasteiger partial charge is 0.388 e. The van der Waals surface area contributed by atoms with Crippen molar-refractivity contribution in [2.75, 3.05) is 51.8 Å². The molecule has 0 rings (SSSR count). The molecule has 0 aliphatic carbocycles. The summed E-state index contributed by atoms with van der Waals surface area (Å²) in [5.41, 5.74) is 2.04. The number of hydrogen-bond acceptors (Lipinski definition) is 6. The molecular weight excluding hydrogens is 823 g/mol. The summed E-state index contributed by atoms with van der Waals surface area (Å²) in [5, 5.41) is 3.45. The third-order valence-electron chi connectivity index (χ3n) is 13.9. The number of amides is 1. The molecule has 1 N–H and O–H groups in total. The monoisotopic (exact) mass is 934 g/mol. The maximum absolute atomic E-state index is 14.3. The summed E-state index contributed by atoms with van der Waals surface area (Å²) in [5.74, 6) is 3.21. The van der Waals surface area contributed by atoms with Crippen LogP contribution >= 0.6 is 21.6 Å². The molecule has 0 radical (unpaired) electrons. The summed E-state index contributed by atoms with van der Waals surface area (Å²) in [7, 11) is 8.01. The summed E-state index contributed by atoms with van der Waals surface area (Å²) in [4.78, 5) is 32.7. The maximum atomic E-state index is 14.3. The SMILES string of the molecule is C=C(CCCCCCCCCC)CC(C)(C)C(C)(C)CN(CC(C)(C)CC(=O)CC(CCCCCCCC)CCCCCCCC)C(=O)CCCSSCCCC(=C)NCCN(C)C. The van der Waals surface area contributed by atoms with E-state index in [0.29, 0.717) is 44.1 Å². The van der Waals surface area contributed by atoms with Gasteiger partial charge in [0.25, 0.3) is 0 Å². The lowest BCUT2D eigenvalue weighted by molar-refractivity contribution is -0.136. The molecule has 0 atom stereocenters. The van der Waals surface area contributed by atoms with Crippen LogP contribution in [0.2, 0.25) is 0 Å². The van der Waals surface area contributed by atoms with E-state index < -0.39 is 0 Å². The van der Waals surface area contributed by atoms with Crippen LogP contribution in [0.1, 0.15) is 255 Å². The van der Waals surface area contributed by atoms with Gasteiger partial charge in [0, 0.05) is 62.6 Å². The highest BCUT2D eigenvalue weighted by Gasteiger charge is 2.40. The van der Waals surface area contributed by atoms with Crippen molar-refractivity contribution in [1.82, 2.24) is 15.1 Å². The molecule has 5 nitrogen and oxygen atoms in total. The van der Waals surface area contributed by atoms with Gasteiger partial charge in [-0.3, -0.25) is 9.59 Å². The predicted molar refractivity (Wildman–Crippen MR) is 292 cm³/mol. The van der Waals surface area contributed by atoms with Crippen LogP contribution in [-0.2, 0) is 9.59 Å². The Morgan fingerprint density at radius 1 is 0.562 bits per heavy atom. The zero-order valence-electron chi connectivity index (χ0n) is 45.0. The Balaban J connectivity index is 5.65. The molecule has 0 unspecified atom stereocenters. The Morgan fingerprint density at radius 2 is 1.03 bits per heavy atom. The molecule has 378 valence electrons. The number of Topliss-reactive ketones (excluding diaryl/α,β-unsaturated/α-hetero) is 1. The van der Waals surface area contributed by atoms with Gasteiger partial charge in [-0.25, -0.2) is 0 Å². The van der Waals surface area contributed by atoms with E-state index in [2.05, 4.69) is 105 Å². The number of likely N-dealkylation sites (N-methyl/N-ethyl adjacent to an activating group) is 1. The van der Waals surface area contributed by atoms with Gasteiger partial charge in [0.1, 0.15) is 5.78 Å². The van der Waals surface area contributed by atoms with E-state index in [0.717, 1.165) is 62.4 Å². The van der Waals surface area contributed by atoms with Crippen LogP contribution < -0.4 is 5.32 Å². The molecule has 1 amide bonds. The first-order chi connectivity index (χ1) is 30.4. The van der Waals surface area contributed by atoms with Crippen molar-refractivity contribution in [3.05, 3.63) is 24.4 Å². The minimum Gasteiger partial charge on any atom is -0.388 e. The second kappa shape index (κ2) is 39.0. The van der Waals surface area contributed by atoms with Gasteiger partial charge in [-0.1, -0.05) is 237 Å². The molecule has 0 heterocycles. The van der Waals surface area contributed by atoms with E-state index in [1.54, 1.807) is 0 Å². The van der Waals surface area contributed by atoms with E-state index in [4.69, 9.17) is 0 Å².